The van der Waals surface area contributed by atoms with E-state index < -0.39 is 12.1 Å². The molecule has 1 N–H and O–H groups in total. The highest BCUT2D eigenvalue weighted by molar-refractivity contribution is 6.34. The standard InChI is InChI=1S/C14H10Cl2O3/c15-10-6-7-11(16)12(8-10)19-14(18)13(17)9-4-2-1-3-5-9/h1-8,13,17H. The Hall–Kier alpha value is -1.55. The number of hydrogen-bond donors (Lipinski definition) is 1. The van der Waals surface area contributed by atoms with Crippen LogP contribution in [0.5, 0.6) is 5.75 Å². The van der Waals surface area contributed by atoms with Gasteiger partial charge in [-0.2, -0.15) is 0 Å². The Morgan fingerprint density at radius 2 is 1.79 bits per heavy atom. The normalized spacial score (nSPS) is 11.9. The van der Waals surface area contributed by atoms with E-state index in [9.17, 15) is 9.90 Å². The van der Waals surface area contributed by atoms with Crippen LogP contribution in [0.15, 0.2) is 48.5 Å². The number of aliphatic hydroxyl groups excluding tert-OH is 1. The molecule has 2 aromatic carbocycles. The zero-order chi connectivity index (χ0) is 13.8. The summed E-state index contributed by atoms with van der Waals surface area (Å²) in [7, 11) is 0. The van der Waals surface area contributed by atoms with Gasteiger partial charge in [-0.05, 0) is 17.7 Å². The molecule has 3 nitrogen and oxygen atoms in total. The smallest absolute Gasteiger partial charge is 0.345 e. The number of ether oxygens (including phenoxy) is 1. The highest BCUT2D eigenvalue weighted by Crippen LogP contribution is 2.29. The van der Waals surface area contributed by atoms with Gasteiger partial charge in [0.1, 0.15) is 0 Å². The zero-order valence-corrected chi connectivity index (χ0v) is 11.2. The van der Waals surface area contributed by atoms with E-state index in [0.717, 1.165) is 0 Å². The topological polar surface area (TPSA) is 46.5 Å². The quantitative estimate of drug-likeness (QED) is 0.695. The molecule has 0 heterocycles. The van der Waals surface area contributed by atoms with Crippen LogP contribution in [0.1, 0.15) is 11.7 Å². The van der Waals surface area contributed by atoms with E-state index in [1.54, 1.807) is 36.4 Å². The van der Waals surface area contributed by atoms with E-state index in [2.05, 4.69) is 0 Å². The maximum atomic E-state index is 11.8. The van der Waals surface area contributed by atoms with E-state index >= 15 is 0 Å². The Morgan fingerprint density at radius 1 is 1.11 bits per heavy atom. The Balaban J connectivity index is 2.15. The molecule has 0 saturated heterocycles. The number of carbonyl (C=O) groups is 1. The molecule has 0 radical (unpaired) electrons. The summed E-state index contributed by atoms with van der Waals surface area (Å²) in [5, 5.41) is 10.5. The van der Waals surface area contributed by atoms with Crippen molar-refractivity contribution in [1.82, 2.24) is 0 Å². The summed E-state index contributed by atoms with van der Waals surface area (Å²) in [6.07, 6.45) is -1.36. The lowest BCUT2D eigenvalue weighted by molar-refractivity contribution is -0.144. The molecule has 0 saturated carbocycles. The average molecular weight is 297 g/mol. The predicted octanol–water partition coefficient (Wildman–Crippen LogP) is 3.63. The first-order chi connectivity index (χ1) is 9.08. The molecule has 0 amide bonds. The minimum atomic E-state index is -1.36. The molecule has 5 heteroatoms. The zero-order valence-electron chi connectivity index (χ0n) is 9.72. The number of benzene rings is 2. The number of hydrogen-bond acceptors (Lipinski definition) is 3. The third-order valence-corrected chi connectivity index (χ3v) is 2.99. The lowest BCUT2D eigenvalue weighted by atomic mass is 10.1. The summed E-state index contributed by atoms with van der Waals surface area (Å²) in [5.41, 5.74) is 0.450. The summed E-state index contributed by atoms with van der Waals surface area (Å²) in [6.45, 7) is 0. The van der Waals surface area contributed by atoms with Gasteiger partial charge in [0.15, 0.2) is 11.9 Å². The van der Waals surface area contributed by atoms with Crippen LogP contribution >= 0.6 is 23.2 Å². The first-order valence-electron chi connectivity index (χ1n) is 5.47. The number of esters is 1. The van der Waals surface area contributed by atoms with Crippen molar-refractivity contribution in [3.05, 3.63) is 64.1 Å². The fourth-order valence-corrected chi connectivity index (χ4v) is 1.81. The van der Waals surface area contributed by atoms with Gasteiger partial charge in [-0.25, -0.2) is 4.79 Å². The van der Waals surface area contributed by atoms with Crippen LogP contribution in [0.2, 0.25) is 10.0 Å². The Labute approximate surface area is 120 Å². The van der Waals surface area contributed by atoms with E-state index in [0.29, 0.717) is 10.6 Å². The van der Waals surface area contributed by atoms with Gasteiger partial charge in [0, 0.05) is 11.1 Å². The van der Waals surface area contributed by atoms with Crippen LogP contribution in [0.3, 0.4) is 0 Å². The minimum absolute atomic E-state index is 0.120. The van der Waals surface area contributed by atoms with Gasteiger partial charge in [0.25, 0.3) is 0 Å². The molecule has 98 valence electrons. The molecule has 0 fully saturated rings. The van der Waals surface area contributed by atoms with Crippen molar-refractivity contribution >= 4 is 29.2 Å². The van der Waals surface area contributed by atoms with Gasteiger partial charge in [-0.1, -0.05) is 53.5 Å². The largest absolute Gasteiger partial charge is 0.423 e. The van der Waals surface area contributed by atoms with Crippen molar-refractivity contribution < 1.29 is 14.6 Å². The summed E-state index contributed by atoms with van der Waals surface area (Å²) >= 11 is 11.7. The van der Waals surface area contributed by atoms with Crippen molar-refractivity contribution in [3.63, 3.8) is 0 Å². The molecule has 19 heavy (non-hydrogen) atoms. The molecular formula is C14H10Cl2O3. The summed E-state index contributed by atoms with van der Waals surface area (Å²) in [5.74, 6) is -0.690. The number of rotatable bonds is 3. The van der Waals surface area contributed by atoms with Gasteiger partial charge >= 0.3 is 5.97 Å². The minimum Gasteiger partial charge on any atom is -0.423 e. The molecule has 0 aliphatic heterocycles. The van der Waals surface area contributed by atoms with Crippen molar-refractivity contribution in [3.8, 4) is 5.75 Å². The van der Waals surface area contributed by atoms with Gasteiger partial charge < -0.3 is 9.84 Å². The molecule has 2 aromatic rings. The molecule has 0 spiro atoms. The van der Waals surface area contributed by atoms with E-state index in [4.69, 9.17) is 27.9 Å². The van der Waals surface area contributed by atoms with Gasteiger partial charge in [-0.15, -0.1) is 0 Å². The second-order valence-electron chi connectivity index (χ2n) is 3.81. The van der Waals surface area contributed by atoms with Crippen LogP contribution in [0.4, 0.5) is 0 Å². The lowest BCUT2D eigenvalue weighted by Crippen LogP contribution is -2.18. The lowest BCUT2D eigenvalue weighted by Gasteiger charge is -2.11. The van der Waals surface area contributed by atoms with Crippen LogP contribution < -0.4 is 4.74 Å². The fourth-order valence-electron chi connectivity index (χ4n) is 1.49. The monoisotopic (exact) mass is 296 g/mol. The molecule has 0 aliphatic rings. The van der Waals surface area contributed by atoms with Gasteiger partial charge in [-0.3, -0.25) is 0 Å². The number of aliphatic hydroxyl groups is 1. The van der Waals surface area contributed by atoms with Gasteiger partial charge in [0.05, 0.1) is 5.02 Å². The van der Waals surface area contributed by atoms with Crippen molar-refractivity contribution in [2.24, 2.45) is 0 Å². The van der Waals surface area contributed by atoms with Crippen molar-refractivity contribution in [2.75, 3.05) is 0 Å². The molecule has 0 bridgehead atoms. The highest BCUT2D eigenvalue weighted by Gasteiger charge is 2.20. The second-order valence-corrected chi connectivity index (χ2v) is 4.65. The SMILES string of the molecule is O=C(Oc1cc(Cl)ccc1Cl)C(O)c1ccccc1. The third-order valence-electron chi connectivity index (χ3n) is 2.44. The first kappa shape index (κ1) is 13.9. The van der Waals surface area contributed by atoms with E-state index in [-0.39, 0.29) is 10.8 Å². The third kappa shape index (κ3) is 3.47. The maximum absolute atomic E-state index is 11.8. The first-order valence-corrected chi connectivity index (χ1v) is 6.23. The number of carbonyl (C=O) groups excluding carboxylic acids is 1. The molecule has 0 aromatic heterocycles. The Kier molecular flexibility index (Phi) is 4.43. The van der Waals surface area contributed by atoms with Crippen LogP contribution in [0, 0.1) is 0 Å². The maximum Gasteiger partial charge on any atom is 0.345 e. The fraction of sp³-hybridized carbons (Fsp3) is 0.0714. The van der Waals surface area contributed by atoms with Crippen molar-refractivity contribution in [1.29, 1.82) is 0 Å². The predicted molar refractivity (Wildman–Crippen MR) is 73.5 cm³/mol. The van der Waals surface area contributed by atoms with E-state index in [1.165, 1.54) is 12.1 Å². The molecule has 0 aliphatic carbocycles. The summed E-state index contributed by atoms with van der Waals surface area (Å²) < 4.78 is 5.04. The van der Waals surface area contributed by atoms with Crippen LogP contribution in [-0.4, -0.2) is 11.1 Å². The Morgan fingerprint density at radius 3 is 2.47 bits per heavy atom. The van der Waals surface area contributed by atoms with Crippen LogP contribution in [-0.2, 0) is 4.79 Å². The summed E-state index contributed by atoms with van der Waals surface area (Å²) in [4.78, 5) is 11.8. The van der Waals surface area contributed by atoms with Gasteiger partial charge in [0.2, 0.25) is 0 Å². The second kappa shape index (κ2) is 6.06. The molecule has 2 rings (SSSR count). The van der Waals surface area contributed by atoms with Crippen LogP contribution in [0.25, 0.3) is 0 Å². The highest BCUT2D eigenvalue weighted by atomic mass is 35.5. The van der Waals surface area contributed by atoms with E-state index in [1.807, 2.05) is 0 Å². The van der Waals surface area contributed by atoms with Crippen molar-refractivity contribution in [2.45, 2.75) is 6.10 Å². The molecular weight excluding hydrogens is 287 g/mol. The molecule has 1 unspecified atom stereocenters. The Bertz CT molecular complexity index is 584. The average Bonchev–Trinajstić information content (AvgIpc) is 2.43. The summed E-state index contributed by atoms with van der Waals surface area (Å²) in [6, 6.07) is 13.0. The number of halogens is 2. The molecule has 1 atom stereocenters.